The summed E-state index contributed by atoms with van der Waals surface area (Å²) in [6.07, 6.45) is 1.21. The molecule has 0 radical (unpaired) electrons. The summed E-state index contributed by atoms with van der Waals surface area (Å²) in [6, 6.07) is 0. The summed E-state index contributed by atoms with van der Waals surface area (Å²) in [6.45, 7) is 4.65. The van der Waals surface area contributed by atoms with Crippen molar-refractivity contribution in [2.24, 2.45) is 9.98 Å². The Hall–Kier alpha value is -1.54. The van der Waals surface area contributed by atoms with Crippen molar-refractivity contribution in [3.63, 3.8) is 0 Å². The lowest BCUT2D eigenvalue weighted by Gasteiger charge is -2.14. The van der Waals surface area contributed by atoms with Gasteiger partial charge in [0, 0.05) is 12.8 Å². The lowest BCUT2D eigenvalue weighted by molar-refractivity contribution is -0.174. The molecule has 0 bridgehead atoms. The number of esters is 2. The summed E-state index contributed by atoms with van der Waals surface area (Å²) in [7, 11) is 0. The number of carbonyl (C=O) groups excluding carboxylic acids is 2. The second-order valence-electron chi connectivity index (χ2n) is 5.36. The second kappa shape index (κ2) is 17.9. The zero-order valence-corrected chi connectivity index (χ0v) is 17.3. The van der Waals surface area contributed by atoms with Gasteiger partial charge in [-0.1, -0.05) is 6.42 Å². The summed E-state index contributed by atoms with van der Waals surface area (Å²) in [5.74, 6) is -0.686. The fourth-order valence-corrected chi connectivity index (χ4v) is 2.07. The monoisotopic (exact) mass is 418 g/mol. The molecule has 27 heavy (non-hydrogen) atoms. The Kier molecular flexibility index (Phi) is 16.8. The van der Waals surface area contributed by atoms with Gasteiger partial charge in [0.05, 0.1) is 36.6 Å². The molecule has 0 aromatic heterocycles. The molecular weight excluding hydrogens is 392 g/mol. The molecular formula is C17H26N2O6S2. The third kappa shape index (κ3) is 17.6. The Bertz CT molecular complexity index is 488. The van der Waals surface area contributed by atoms with Crippen LogP contribution in [0.2, 0.25) is 0 Å². The average molecular weight is 419 g/mol. The van der Waals surface area contributed by atoms with Crippen molar-refractivity contribution in [1.82, 2.24) is 0 Å². The van der Waals surface area contributed by atoms with Gasteiger partial charge in [-0.15, -0.1) is 0 Å². The van der Waals surface area contributed by atoms with Gasteiger partial charge in [0.1, 0.15) is 0 Å². The van der Waals surface area contributed by atoms with Crippen LogP contribution in [0.3, 0.4) is 0 Å². The Morgan fingerprint density at radius 3 is 1.59 bits per heavy atom. The van der Waals surface area contributed by atoms with Crippen LogP contribution in [-0.4, -0.2) is 61.1 Å². The second-order valence-corrected chi connectivity index (χ2v) is 5.73. The molecule has 0 heterocycles. The predicted molar refractivity (Wildman–Crippen MR) is 106 cm³/mol. The van der Waals surface area contributed by atoms with E-state index < -0.39 is 12.6 Å². The van der Waals surface area contributed by atoms with Crippen LogP contribution in [0.1, 0.15) is 46.0 Å². The number of unbranched alkanes of at least 4 members (excludes halogenated alkanes) is 2. The van der Waals surface area contributed by atoms with Gasteiger partial charge in [0.25, 0.3) is 0 Å². The first-order valence-electron chi connectivity index (χ1n) is 8.69. The van der Waals surface area contributed by atoms with E-state index in [1.165, 1.54) is 0 Å². The van der Waals surface area contributed by atoms with Crippen molar-refractivity contribution >= 4 is 46.7 Å². The Labute approximate surface area is 170 Å². The van der Waals surface area contributed by atoms with Crippen molar-refractivity contribution in [3.05, 3.63) is 0 Å². The van der Waals surface area contributed by atoms with Crippen molar-refractivity contribution in [1.29, 1.82) is 0 Å². The summed E-state index contributed by atoms with van der Waals surface area (Å²) >= 11 is 8.86. The summed E-state index contributed by atoms with van der Waals surface area (Å²) in [5, 5.41) is 4.45. The molecule has 2 atom stereocenters. The molecule has 0 rings (SSSR count). The highest BCUT2D eigenvalue weighted by atomic mass is 32.1. The van der Waals surface area contributed by atoms with Gasteiger partial charge in [0.15, 0.2) is 12.6 Å². The van der Waals surface area contributed by atoms with E-state index in [0.717, 1.165) is 0 Å². The molecule has 2 unspecified atom stereocenters. The minimum Gasteiger partial charge on any atom is -0.436 e. The van der Waals surface area contributed by atoms with Crippen LogP contribution in [-0.2, 0) is 28.5 Å². The fourth-order valence-electron chi connectivity index (χ4n) is 1.89. The maximum atomic E-state index is 11.7. The van der Waals surface area contributed by atoms with E-state index in [0.29, 0.717) is 45.6 Å². The minimum atomic E-state index is -0.635. The van der Waals surface area contributed by atoms with Gasteiger partial charge >= 0.3 is 11.9 Å². The molecule has 0 aromatic rings. The van der Waals surface area contributed by atoms with E-state index in [4.69, 9.17) is 18.9 Å². The number of aliphatic imine (C=N–C) groups is 2. The Morgan fingerprint density at radius 2 is 1.22 bits per heavy atom. The summed E-state index contributed by atoms with van der Waals surface area (Å²) in [5.41, 5.74) is 0. The SMILES string of the molecule is CC(OCCN=C=S)OC(=O)CCCCCC(=O)OC(C)OCCN=C=S. The van der Waals surface area contributed by atoms with Crippen molar-refractivity contribution in [2.45, 2.75) is 58.5 Å². The normalized spacial score (nSPS) is 12.2. The lowest BCUT2D eigenvalue weighted by atomic mass is 10.1. The van der Waals surface area contributed by atoms with Crippen LogP contribution < -0.4 is 0 Å². The Balaban J connectivity index is 3.65. The van der Waals surface area contributed by atoms with Crippen LogP contribution in [0.4, 0.5) is 0 Å². The molecule has 0 amide bonds. The Morgan fingerprint density at radius 1 is 0.815 bits per heavy atom. The van der Waals surface area contributed by atoms with Crippen LogP contribution in [0, 0.1) is 0 Å². The maximum absolute atomic E-state index is 11.7. The van der Waals surface area contributed by atoms with E-state index in [2.05, 4.69) is 44.7 Å². The molecule has 0 N–H and O–H groups in total. The first-order valence-corrected chi connectivity index (χ1v) is 9.50. The largest absolute Gasteiger partial charge is 0.436 e. The summed E-state index contributed by atoms with van der Waals surface area (Å²) in [4.78, 5) is 30.7. The number of ether oxygens (including phenoxy) is 4. The van der Waals surface area contributed by atoms with Gasteiger partial charge in [0.2, 0.25) is 0 Å². The summed E-state index contributed by atoms with van der Waals surface area (Å²) < 4.78 is 20.7. The van der Waals surface area contributed by atoms with E-state index in [1.54, 1.807) is 13.8 Å². The molecule has 0 aliphatic heterocycles. The number of rotatable bonds is 16. The molecule has 0 saturated heterocycles. The first kappa shape index (κ1) is 25.5. The van der Waals surface area contributed by atoms with Crippen molar-refractivity contribution < 1.29 is 28.5 Å². The average Bonchev–Trinajstić information content (AvgIpc) is 2.62. The van der Waals surface area contributed by atoms with Crippen LogP contribution in [0.5, 0.6) is 0 Å². The van der Waals surface area contributed by atoms with Crippen LogP contribution in [0.15, 0.2) is 9.98 Å². The van der Waals surface area contributed by atoms with Gasteiger partial charge in [-0.2, -0.15) is 0 Å². The fraction of sp³-hybridized carbons (Fsp3) is 0.765. The quantitative estimate of drug-likeness (QED) is 0.124. The standard InChI is InChI=1S/C17H26N2O6S2/c1-14(22-10-8-18-12-26)24-16(20)6-4-3-5-7-17(21)25-15(2)23-11-9-19-13-27/h14-15H,3-11H2,1-2H3. The van der Waals surface area contributed by atoms with Gasteiger partial charge < -0.3 is 18.9 Å². The number of carbonyl (C=O) groups is 2. The zero-order valence-electron chi connectivity index (χ0n) is 15.7. The third-order valence-electron chi connectivity index (χ3n) is 3.10. The number of hydrogen-bond acceptors (Lipinski definition) is 10. The molecule has 8 nitrogen and oxygen atoms in total. The number of hydrogen-bond donors (Lipinski definition) is 0. The molecule has 0 saturated carbocycles. The first-order chi connectivity index (χ1) is 13.0. The lowest BCUT2D eigenvalue weighted by Crippen LogP contribution is -2.19. The highest BCUT2D eigenvalue weighted by molar-refractivity contribution is 7.78. The van der Waals surface area contributed by atoms with Crippen LogP contribution in [0.25, 0.3) is 0 Å². The smallest absolute Gasteiger partial charge is 0.308 e. The van der Waals surface area contributed by atoms with Gasteiger partial charge in [-0.25, -0.2) is 9.98 Å². The van der Waals surface area contributed by atoms with E-state index in [9.17, 15) is 9.59 Å². The van der Waals surface area contributed by atoms with Crippen molar-refractivity contribution in [3.8, 4) is 0 Å². The van der Waals surface area contributed by atoms with Gasteiger partial charge in [-0.05, 0) is 51.1 Å². The van der Waals surface area contributed by atoms with E-state index in [1.807, 2.05) is 0 Å². The van der Waals surface area contributed by atoms with E-state index >= 15 is 0 Å². The highest BCUT2D eigenvalue weighted by Gasteiger charge is 2.11. The van der Waals surface area contributed by atoms with Crippen LogP contribution >= 0.6 is 24.4 Å². The molecule has 0 aliphatic carbocycles. The maximum Gasteiger partial charge on any atom is 0.308 e. The van der Waals surface area contributed by atoms with Crippen molar-refractivity contribution in [2.75, 3.05) is 26.3 Å². The third-order valence-corrected chi connectivity index (χ3v) is 3.36. The predicted octanol–water partition coefficient (Wildman–Crippen LogP) is 2.95. The molecule has 10 heteroatoms. The molecule has 0 spiro atoms. The highest BCUT2D eigenvalue weighted by Crippen LogP contribution is 2.08. The molecule has 0 aliphatic rings. The van der Waals surface area contributed by atoms with E-state index in [-0.39, 0.29) is 24.8 Å². The van der Waals surface area contributed by atoms with Gasteiger partial charge in [-0.3, -0.25) is 9.59 Å². The molecule has 152 valence electrons. The number of isothiocyanates is 2. The zero-order chi connectivity index (χ0) is 20.3. The molecule has 0 fully saturated rings. The number of thiocarbonyl (C=S) groups is 2. The topological polar surface area (TPSA) is 95.8 Å². The minimum absolute atomic E-state index is 0.265. The number of nitrogens with zero attached hydrogens (tertiary/aromatic N) is 2. The molecule has 0 aromatic carbocycles.